The van der Waals surface area contributed by atoms with Crippen LogP contribution in [-0.4, -0.2) is 10.9 Å². The van der Waals surface area contributed by atoms with Crippen molar-refractivity contribution in [1.29, 1.82) is 0 Å². The number of rotatable bonds is 4. The second kappa shape index (κ2) is 5.17. The van der Waals surface area contributed by atoms with Gasteiger partial charge in [0.1, 0.15) is 0 Å². The SMILES string of the molecule is C=CC[C@@H](NC(C)=O)c1cccnc1. The highest BCUT2D eigenvalue weighted by Gasteiger charge is 2.09. The molecule has 0 saturated heterocycles. The van der Waals surface area contributed by atoms with Crippen LogP contribution in [0.15, 0.2) is 37.2 Å². The summed E-state index contributed by atoms with van der Waals surface area (Å²) in [4.78, 5) is 14.9. The Morgan fingerprint density at radius 2 is 2.57 bits per heavy atom. The van der Waals surface area contributed by atoms with Crippen LogP contribution in [0, 0.1) is 0 Å². The standard InChI is InChI=1S/C11H14N2O/c1-3-5-11(13-9(2)14)10-6-4-7-12-8-10/h3-4,6-8,11H,1,5H2,2H3,(H,13,14)/t11-/m1/s1. The van der Waals surface area contributed by atoms with Crippen molar-refractivity contribution in [2.75, 3.05) is 0 Å². The molecule has 0 aliphatic heterocycles. The second-order valence-corrected chi connectivity index (χ2v) is 3.06. The summed E-state index contributed by atoms with van der Waals surface area (Å²) in [5.74, 6) is -0.0410. The van der Waals surface area contributed by atoms with Crippen LogP contribution in [0.25, 0.3) is 0 Å². The fourth-order valence-electron chi connectivity index (χ4n) is 1.27. The molecular weight excluding hydrogens is 176 g/mol. The summed E-state index contributed by atoms with van der Waals surface area (Å²) in [5, 5.41) is 2.85. The molecular formula is C11H14N2O. The smallest absolute Gasteiger partial charge is 0.217 e. The molecule has 1 heterocycles. The third-order valence-electron chi connectivity index (χ3n) is 1.87. The van der Waals surface area contributed by atoms with Crippen molar-refractivity contribution in [2.24, 2.45) is 0 Å². The summed E-state index contributed by atoms with van der Waals surface area (Å²) in [6.07, 6.45) is 5.96. The Morgan fingerprint density at radius 1 is 1.79 bits per heavy atom. The van der Waals surface area contributed by atoms with Crippen LogP contribution in [0.2, 0.25) is 0 Å². The van der Waals surface area contributed by atoms with Crippen molar-refractivity contribution in [3.63, 3.8) is 0 Å². The molecule has 3 heteroatoms. The minimum atomic E-state index is -0.0410. The molecule has 1 aromatic rings. The van der Waals surface area contributed by atoms with Gasteiger partial charge in [-0.1, -0.05) is 12.1 Å². The van der Waals surface area contributed by atoms with Crippen molar-refractivity contribution < 1.29 is 4.79 Å². The fourth-order valence-corrected chi connectivity index (χ4v) is 1.27. The van der Waals surface area contributed by atoms with Crippen LogP contribution < -0.4 is 5.32 Å². The van der Waals surface area contributed by atoms with Gasteiger partial charge in [0.05, 0.1) is 6.04 Å². The molecule has 74 valence electrons. The number of carbonyl (C=O) groups excluding carboxylic acids is 1. The van der Waals surface area contributed by atoms with E-state index >= 15 is 0 Å². The molecule has 0 saturated carbocycles. The van der Waals surface area contributed by atoms with E-state index in [-0.39, 0.29) is 11.9 Å². The Morgan fingerprint density at radius 3 is 3.07 bits per heavy atom. The predicted octanol–water partition coefficient (Wildman–Crippen LogP) is 1.83. The molecule has 1 atom stereocenters. The normalized spacial score (nSPS) is 11.8. The number of pyridine rings is 1. The zero-order chi connectivity index (χ0) is 10.4. The first kappa shape index (κ1) is 10.4. The predicted molar refractivity (Wildman–Crippen MR) is 55.6 cm³/mol. The van der Waals surface area contributed by atoms with E-state index in [9.17, 15) is 4.79 Å². The van der Waals surface area contributed by atoms with E-state index in [4.69, 9.17) is 0 Å². The van der Waals surface area contributed by atoms with Crippen molar-refractivity contribution >= 4 is 5.91 Å². The maximum Gasteiger partial charge on any atom is 0.217 e. The second-order valence-electron chi connectivity index (χ2n) is 3.06. The molecule has 1 N–H and O–H groups in total. The first-order valence-corrected chi connectivity index (χ1v) is 4.52. The molecule has 1 aromatic heterocycles. The van der Waals surface area contributed by atoms with Gasteiger partial charge in [-0.25, -0.2) is 0 Å². The van der Waals surface area contributed by atoms with E-state index < -0.39 is 0 Å². The van der Waals surface area contributed by atoms with Gasteiger partial charge in [0.25, 0.3) is 0 Å². The molecule has 0 aliphatic rings. The lowest BCUT2D eigenvalue weighted by atomic mass is 10.1. The van der Waals surface area contributed by atoms with Gasteiger partial charge >= 0.3 is 0 Å². The Hall–Kier alpha value is -1.64. The summed E-state index contributed by atoms with van der Waals surface area (Å²) in [6.45, 7) is 5.17. The number of hydrogen-bond donors (Lipinski definition) is 1. The van der Waals surface area contributed by atoms with E-state index in [1.165, 1.54) is 6.92 Å². The minimum absolute atomic E-state index is 0.0151. The van der Waals surface area contributed by atoms with Crippen LogP contribution >= 0.6 is 0 Å². The van der Waals surface area contributed by atoms with Crippen LogP contribution in [0.5, 0.6) is 0 Å². The molecule has 1 amide bonds. The van der Waals surface area contributed by atoms with Gasteiger partial charge in [0, 0.05) is 19.3 Å². The van der Waals surface area contributed by atoms with E-state index in [2.05, 4.69) is 16.9 Å². The largest absolute Gasteiger partial charge is 0.349 e. The first-order valence-electron chi connectivity index (χ1n) is 4.52. The van der Waals surface area contributed by atoms with Gasteiger partial charge in [-0.2, -0.15) is 0 Å². The molecule has 3 nitrogen and oxygen atoms in total. The van der Waals surface area contributed by atoms with Crippen molar-refractivity contribution in [3.05, 3.63) is 42.7 Å². The van der Waals surface area contributed by atoms with Gasteiger partial charge in [-0.05, 0) is 18.1 Å². The van der Waals surface area contributed by atoms with E-state index in [0.29, 0.717) is 6.42 Å². The Balaban J connectivity index is 2.77. The molecule has 0 spiro atoms. The van der Waals surface area contributed by atoms with Gasteiger partial charge in [0.15, 0.2) is 0 Å². The van der Waals surface area contributed by atoms with E-state index in [1.54, 1.807) is 18.5 Å². The highest BCUT2D eigenvalue weighted by molar-refractivity contribution is 5.73. The lowest BCUT2D eigenvalue weighted by molar-refractivity contribution is -0.119. The van der Waals surface area contributed by atoms with Crippen LogP contribution in [0.1, 0.15) is 24.9 Å². The summed E-state index contributed by atoms with van der Waals surface area (Å²) >= 11 is 0. The molecule has 0 bridgehead atoms. The van der Waals surface area contributed by atoms with Crippen LogP contribution in [0.3, 0.4) is 0 Å². The van der Waals surface area contributed by atoms with Crippen molar-refractivity contribution in [2.45, 2.75) is 19.4 Å². The fraction of sp³-hybridized carbons (Fsp3) is 0.273. The molecule has 1 rings (SSSR count). The van der Waals surface area contributed by atoms with Gasteiger partial charge in [-0.15, -0.1) is 6.58 Å². The van der Waals surface area contributed by atoms with Gasteiger partial charge in [0.2, 0.25) is 5.91 Å². The number of hydrogen-bond acceptors (Lipinski definition) is 2. The Kier molecular flexibility index (Phi) is 3.85. The lowest BCUT2D eigenvalue weighted by Crippen LogP contribution is -2.25. The topological polar surface area (TPSA) is 42.0 Å². The number of carbonyl (C=O) groups is 1. The molecule has 0 unspecified atom stereocenters. The van der Waals surface area contributed by atoms with Crippen LogP contribution in [0.4, 0.5) is 0 Å². The highest BCUT2D eigenvalue weighted by atomic mass is 16.1. The molecule has 0 aromatic carbocycles. The van der Waals surface area contributed by atoms with Crippen molar-refractivity contribution in [3.8, 4) is 0 Å². The van der Waals surface area contributed by atoms with Crippen molar-refractivity contribution in [1.82, 2.24) is 10.3 Å². The quantitative estimate of drug-likeness (QED) is 0.736. The third-order valence-corrected chi connectivity index (χ3v) is 1.87. The zero-order valence-electron chi connectivity index (χ0n) is 8.23. The summed E-state index contributed by atoms with van der Waals surface area (Å²) < 4.78 is 0. The molecule has 14 heavy (non-hydrogen) atoms. The minimum Gasteiger partial charge on any atom is -0.349 e. The number of nitrogens with zero attached hydrogens (tertiary/aromatic N) is 1. The Bertz CT molecular complexity index is 308. The maximum absolute atomic E-state index is 10.9. The maximum atomic E-state index is 10.9. The molecule has 0 fully saturated rings. The number of aromatic nitrogens is 1. The zero-order valence-corrected chi connectivity index (χ0v) is 8.23. The molecule has 0 aliphatic carbocycles. The lowest BCUT2D eigenvalue weighted by Gasteiger charge is -2.15. The number of nitrogens with one attached hydrogen (secondary N) is 1. The first-order chi connectivity index (χ1) is 6.74. The average Bonchev–Trinajstić information content (AvgIpc) is 2.18. The van der Waals surface area contributed by atoms with Gasteiger partial charge in [-0.3, -0.25) is 9.78 Å². The Labute approximate surface area is 83.9 Å². The molecule has 0 radical (unpaired) electrons. The monoisotopic (exact) mass is 190 g/mol. The van der Waals surface area contributed by atoms with Gasteiger partial charge < -0.3 is 5.32 Å². The highest BCUT2D eigenvalue weighted by Crippen LogP contribution is 2.15. The summed E-state index contributed by atoms with van der Waals surface area (Å²) in [5.41, 5.74) is 1.00. The summed E-state index contributed by atoms with van der Waals surface area (Å²) in [7, 11) is 0. The number of amides is 1. The van der Waals surface area contributed by atoms with E-state index in [0.717, 1.165) is 5.56 Å². The average molecular weight is 190 g/mol. The van der Waals surface area contributed by atoms with Crippen LogP contribution in [-0.2, 0) is 4.79 Å². The van der Waals surface area contributed by atoms with E-state index in [1.807, 2.05) is 12.1 Å². The summed E-state index contributed by atoms with van der Waals surface area (Å²) in [6, 6.07) is 3.78. The third kappa shape index (κ3) is 3.01.